The zero-order valence-electron chi connectivity index (χ0n) is 10.5. The molecule has 1 heterocycles. The summed E-state index contributed by atoms with van der Waals surface area (Å²) < 4.78 is 10.5. The number of hydrogen-bond donors (Lipinski definition) is 1. The van der Waals surface area contributed by atoms with Crippen LogP contribution in [-0.4, -0.2) is 5.11 Å². The van der Waals surface area contributed by atoms with Crippen molar-refractivity contribution < 1.29 is 14.3 Å². The van der Waals surface area contributed by atoms with Gasteiger partial charge in [-0.1, -0.05) is 35.3 Å². The molecule has 0 radical (unpaired) electrons. The van der Waals surface area contributed by atoms with Crippen LogP contribution in [0.4, 0.5) is 0 Å². The lowest BCUT2D eigenvalue weighted by Crippen LogP contribution is -2.04. The Bertz CT molecular complexity index is 886. The van der Waals surface area contributed by atoms with Crippen molar-refractivity contribution in [3.63, 3.8) is 0 Å². The van der Waals surface area contributed by atoms with Crippen LogP contribution in [0.25, 0.3) is 11.0 Å². The minimum absolute atomic E-state index is 0.193. The zero-order chi connectivity index (χ0) is 15.0. The maximum Gasteiger partial charge on any atom is 0.383 e. The van der Waals surface area contributed by atoms with Crippen molar-refractivity contribution in [3.8, 4) is 17.2 Å². The molecule has 21 heavy (non-hydrogen) atoms. The number of aromatic hydroxyl groups is 1. The minimum Gasteiger partial charge on any atom is -0.504 e. The van der Waals surface area contributed by atoms with Gasteiger partial charge in [-0.3, -0.25) is 0 Å². The third-order valence-electron chi connectivity index (χ3n) is 2.85. The second-order valence-corrected chi connectivity index (χ2v) is 5.08. The lowest BCUT2D eigenvalue weighted by Gasteiger charge is -2.09. The molecule has 0 atom stereocenters. The molecular formula is C15H8Cl2O4. The Morgan fingerprint density at radius 3 is 2.62 bits per heavy atom. The quantitative estimate of drug-likeness (QED) is 0.700. The summed E-state index contributed by atoms with van der Waals surface area (Å²) in [7, 11) is 0. The summed E-state index contributed by atoms with van der Waals surface area (Å²) in [5.74, 6) is -0.426. The molecule has 0 aliphatic heterocycles. The number of hydrogen-bond acceptors (Lipinski definition) is 4. The fraction of sp³-hybridized carbons (Fsp3) is 0. The maximum absolute atomic E-state index is 11.9. The summed E-state index contributed by atoms with van der Waals surface area (Å²) in [6.45, 7) is 0. The van der Waals surface area contributed by atoms with E-state index in [4.69, 9.17) is 32.4 Å². The maximum atomic E-state index is 11.9. The normalized spacial score (nSPS) is 10.8. The van der Waals surface area contributed by atoms with Gasteiger partial charge in [0.15, 0.2) is 5.75 Å². The molecule has 6 heteroatoms. The molecule has 0 spiro atoms. The van der Waals surface area contributed by atoms with Gasteiger partial charge in [-0.05, 0) is 30.3 Å². The summed E-state index contributed by atoms with van der Waals surface area (Å²) in [5.41, 5.74) is -0.522. The first-order chi connectivity index (χ1) is 10.1. The van der Waals surface area contributed by atoms with Crippen LogP contribution in [0.5, 0.6) is 17.2 Å². The number of benzene rings is 2. The molecule has 0 aliphatic rings. The molecule has 0 saturated heterocycles. The highest BCUT2D eigenvalue weighted by molar-refractivity contribution is 6.35. The highest BCUT2D eigenvalue weighted by Gasteiger charge is 2.17. The predicted molar refractivity (Wildman–Crippen MR) is 80.7 cm³/mol. The molecule has 0 amide bonds. The number of ether oxygens (including phenoxy) is 1. The Kier molecular flexibility index (Phi) is 3.49. The van der Waals surface area contributed by atoms with E-state index in [0.29, 0.717) is 10.4 Å². The van der Waals surface area contributed by atoms with Gasteiger partial charge in [0.25, 0.3) is 5.75 Å². The molecule has 0 bridgehead atoms. The van der Waals surface area contributed by atoms with Crippen LogP contribution in [0.1, 0.15) is 0 Å². The molecular weight excluding hydrogens is 315 g/mol. The first-order valence-electron chi connectivity index (χ1n) is 5.94. The molecule has 3 rings (SSSR count). The molecule has 0 unspecified atom stereocenters. The van der Waals surface area contributed by atoms with Crippen LogP contribution in [0, 0.1) is 0 Å². The van der Waals surface area contributed by atoms with Crippen LogP contribution in [-0.2, 0) is 0 Å². The van der Waals surface area contributed by atoms with E-state index in [1.807, 2.05) is 0 Å². The van der Waals surface area contributed by atoms with Gasteiger partial charge in [0.05, 0.1) is 10.4 Å². The molecule has 2 aromatic carbocycles. The number of rotatable bonds is 2. The lowest BCUT2D eigenvalue weighted by molar-refractivity contribution is 0.387. The Morgan fingerprint density at radius 2 is 1.86 bits per heavy atom. The van der Waals surface area contributed by atoms with Gasteiger partial charge in [0.2, 0.25) is 0 Å². The fourth-order valence-electron chi connectivity index (χ4n) is 1.87. The average molecular weight is 323 g/mol. The van der Waals surface area contributed by atoms with E-state index < -0.39 is 5.63 Å². The summed E-state index contributed by atoms with van der Waals surface area (Å²) >= 11 is 11.8. The van der Waals surface area contributed by atoms with Crippen molar-refractivity contribution in [1.82, 2.24) is 0 Å². The second kappa shape index (κ2) is 5.31. The predicted octanol–water partition coefficient (Wildman–Crippen LogP) is 4.60. The van der Waals surface area contributed by atoms with Gasteiger partial charge in [-0.15, -0.1) is 0 Å². The van der Waals surface area contributed by atoms with Gasteiger partial charge in [0, 0.05) is 5.02 Å². The van der Waals surface area contributed by atoms with Gasteiger partial charge in [-0.25, -0.2) is 4.79 Å². The lowest BCUT2D eigenvalue weighted by atomic mass is 10.2. The number of fused-ring (bicyclic) bond motifs is 1. The average Bonchev–Trinajstić information content (AvgIpc) is 2.45. The molecule has 0 saturated carbocycles. The largest absolute Gasteiger partial charge is 0.504 e. The highest BCUT2D eigenvalue weighted by Crippen LogP contribution is 2.37. The summed E-state index contributed by atoms with van der Waals surface area (Å²) in [5, 5.41) is 11.2. The molecule has 4 nitrogen and oxygen atoms in total. The first-order valence-corrected chi connectivity index (χ1v) is 6.69. The van der Waals surface area contributed by atoms with E-state index in [-0.39, 0.29) is 27.9 Å². The van der Waals surface area contributed by atoms with E-state index in [1.54, 1.807) is 30.3 Å². The Balaban J connectivity index is 2.14. The molecule has 1 aromatic heterocycles. The van der Waals surface area contributed by atoms with E-state index in [2.05, 4.69) is 0 Å². The Morgan fingerprint density at radius 1 is 1.10 bits per heavy atom. The van der Waals surface area contributed by atoms with E-state index in [0.717, 1.165) is 0 Å². The van der Waals surface area contributed by atoms with Gasteiger partial charge < -0.3 is 14.3 Å². The third-order valence-corrected chi connectivity index (χ3v) is 3.38. The van der Waals surface area contributed by atoms with Crippen molar-refractivity contribution in [3.05, 3.63) is 62.9 Å². The van der Waals surface area contributed by atoms with Crippen molar-refractivity contribution >= 4 is 34.2 Å². The SMILES string of the molecule is O=c1oc2ccccc2c(O)c1Oc1ccc(Cl)cc1Cl. The van der Waals surface area contributed by atoms with Crippen molar-refractivity contribution in [1.29, 1.82) is 0 Å². The van der Waals surface area contributed by atoms with Gasteiger partial charge >= 0.3 is 5.63 Å². The van der Waals surface area contributed by atoms with Crippen molar-refractivity contribution in [2.24, 2.45) is 0 Å². The minimum atomic E-state index is -0.794. The topological polar surface area (TPSA) is 59.7 Å². The summed E-state index contributed by atoms with van der Waals surface area (Å²) in [4.78, 5) is 11.9. The fourth-order valence-corrected chi connectivity index (χ4v) is 2.32. The standard InChI is InChI=1S/C15H8Cl2O4/c16-8-5-6-12(10(17)7-8)20-14-13(18)9-3-1-2-4-11(9)21-15(14)19/h1-7,18H. The molecule has 1 N–H and O–H groups in total. The van der Waals surface area contributed by atoms with Crippen LogP contribution in [0.2, 0.25) is 10.0 Å². The zero-order valence-corrected chi connectivity index (χ0v) is 12.0. The molecule has 0 fully saturated rings. The van der Waals surface area contributed by atoms with Crippen LogP contribution >= 0.6 is 23.2 Å². The Labute approximate surface area is 129 Å². The highest BCUT2D eigenvalue weighted by atomic mass is 35.5. The van der Waals surface area contributed by atoms with Gasteiger partial charge in [0.1, 0.15) is 11.3 Å². The first kappa shape index (κ1) is 13.8. The summed E-state index contributed by atoms with van der Waals surface area (Å²) in [6.07, 6.45) is 0. The smallest absolute Gasteiger partial charge is 0.383 e. The van der Waals surface area contributed by atoms with Crippen molar-refractivity contribution in [2.75, 3.05) is 0 Å². The van der Waals surface area contributed by atoms with E-state index in [1.165, 1.54) is 12.1 Å². The monoisotopic (exact) mass is 322 g/mol. The Hall–Kier alpha value is -2.17. The van der Waals surface area contributed by atoms with Crippen LogP contribution in [0.15, 0.2) is 51.7 Å². The van der Waals surface area contributed by atoms with Crippen molar-refractivity contribution in [2.45, 2.75) is 0 Å². The van der Waals surface area contributed by atoms with E-state index in [9.17, 15) is 9.90 Å². The number of para-hydroxylation sites is 1. The molecule has 0 aliphatic carbocycles. The third kappa shape index (κ3) is 2.55. The molecule has 106 valence electrons. The summed E-state index contributed by atoms with van der Waals surface area (Å²) in [6, 6.07) is 11.1. The van der Waals surface area contributed by atoms with E-state index >= 15 is 0 Å². The van der Waals surface area contributed by atoms with Gasteiger partial charge in [-0.2, -0.15) is 0 Å². The second-order valence-electron chi connectivity index (χ2n) is 4.24. The molecule has 3 aromatic rings. The van der Waals surface area contributed by atoms with Crippen LogP contribution in [0.3, 0.4) is 0 Å². The number of halogens is 2. The van der Waals surface area contributed by atoms with Crippen LogP contribution < -0.4 is 10.4 Å².